The molecular weight excluding hydrogens is 576 g/mol. The van der Waals surface area contributed by atoms with Crippen molar-refractivity contribution in [3.8, 4) is 5.75 Å². The maximum atomic E-state index is 14.4. The van der Waals surface area contributed by atoms with Crippen molar-refractivity contribution in [2.75, 3.05) is 50.2 Å². The molecular formula is C32H42N6O5Si. The van der Waals surface area contributed by atoms with Gasteiger partial charge in [0, 0.05) is 63.1 Å². The largest absolute Gasteiger partial charge is 0.497 e. The van der Waals surface area contributed by atoms with Gasteiger partial charge in [0.05, 0.1) is 39.2 Å². The minimum absolute atomic E-state index is 0.0144. The van der Waals surface area contributed by atoms with Crippen LogP contribution >= 0.6 is 0 Å². The molecule has 2 saturated heterocycles. The summed E-state index contributed by atoms with van der Waals surface area (Å²) in [5.41, 5.74) is 2.10. The number of benzene rings is 2. The molecule has 4 heterocycles. The van der Waals surface area contributed by atoms with Gasteiger partial charge in [0.25, 0.3) is 5.91 Å². The molecule has 2 fully saturated rings. The van der Waals surface area contributed by atoms with Crippen LogP contribution in [0.25, 0.3) is 0 Å². The molecule has 4 atom stereocenters. The molecule has 0 aliphatic carbocycles. The second-order valence-electron chi connectivity index (χ2n) is 12.7. The van der Waals surface area contributed by atoms with Crippen molar-refractivity contribution in [2.24, 2.45) is 5.92 Å². The van der Waals surface area contributed by atoms with Gasteiger partial charge in [0.2, 0.25) is 5.91 Å². The predicted molar refractivity (Wildman–Crippen MR) is 170 cm³/mol. The molecule has 0 radical (unpaired) electrons. The summed E-state index contributed by atoms with van der Waals surface area (Å²) >= 11 is 0. The summed E-state index contributed by atoms with van der Waals surface area (Å²) in [7, 11) is 1.20. The Morgan fingerprint density at radius 3 is 2.66 bits per heavy atom. The molecule has 1 aromatic heterocycles. The third-order valence-electron chi connectivity index (χ3n) is 9.95. The molecule has 234 valence electrons. The highest BCUT2D eigenvalue weighted by Gasteiger charge is 2.65. The summed E-state index contributed by atoms with van der Waals surface area (Å²) in [4.78, 5) is 30.7. The van der Waals surface area contributed by atoms with Crippen LogP contribution in [0.4, 0.5) is 11.4 Å². The third kappa shape index (κ3) is 4.93. The average Bonchev–Trinajstić information content (AvgIpc) is 3.66. The number of nitrogens with one attached hydrogen (secondary N) is 1. The van der Waals surface area contributed by atoms with E-state index in [4.69, 9.17) is 9.47 Å². The van der Waals surface area contributed by atoms with Crippen LogP contribution in [0.5, 0.6) is 5.75 Å². The van der Waals surface area contributed by atoms with Gasteiger partial charge in [0.1, 0.15) is 5.75 Å². The number of rotatable bonds is 9. The summed E-state index contributed by atoms with van der Waals surface area (Å²) in [6, 6.07) is 14.2. The fourth-order valence-corrected chi connectivity index (χ4v) is 11.7. The van der Waals surface area contributed by atoms with Gasteiger partial charge >= 0.3 is 0 Å². The highest BCUT2D eigenvalue weighted by molar-refractivity contribution is 6.91. The summed E-state index contributed by atoms with van der Waals surface area (Å²) < 4.78 is 14.4. The molecule has 0 bridgehead atoms. The molecule has 2 N–H and O–H groups in total. The highest BCUT2D eigenvalue weighted by atomic mass is 28.3. The molecule has 2 aromatic carbocycles. The van der Waals surface area contributed by atoms with Gasteiger partial charge in [-0.25, -0.2) is 0 Å². The number of aliphatic hydroxyl groups is 1. The molecule has 3 aliphatic heterocycles. The lowest BCUT2D eigenvalue weighted by atomic mass is 9.82. The van der Waals surface area contributed by atoms with Gasteiger partial charge < -0.3 is 29.7 Å². The predicted octanol–water partition coefficient (Wildman–Crippen LogP) is 2.04. The summed E-state index contributed by atoms with van der Waals surface area (Å²) in [6.07, 6.45) is 2.74. The number of aryl methyl sites for hydroxylation is 1. The first-order chi connectivity index (χ1) is 21.1. The zero-order chi connectivity index (χ0) is 31.2. The molecule has 3 aromatic rings. The average molecular weight is 619 g/mol. The zero-order valence-electron chi connectivity index (χ0n) is 26.1. The smallest absolute Gasteiger partial charge is 0.264 e. The standard InChI is InChI=1S/C32H42N6O5Si/c1-21-30(44(4,5)25-9-7-24(42-3)8-10-25)28(12-15-37-20-22(13-17-39)34-35-37)43-32(21)26-18-23(38-16-14-33-19-29(38)40)6-11-27(26)36(2)31(32)41/h6-11,18,20-21,28,30,33,39H,12-17,19H2,1-5H3/t21-,28+,30-,32+/m0/s1. The Morgan fingerprint density at radius 2 is 1.95 bits per heavy atom. The fraction of sp³-hybridized carbons (Fsp3) is 0.500. The lowest BCUT2D eigenvalue weighted by molar-refractivity contribution is -0.145. The van der Waals surface area contributed by atoms with E-state index < -0.39 is 13.7 Å². The van der Waals surface area contributed by atoms with Crippen molar-refractivity contribution in [1.29, 1.82) is 0 Å². The molecule has 0 saturated carbocycles. The number of piperazine rings is 1. The first kappa shape index (κ1) is 30.4. The van der Waals surface area contributed by atoms with Gasteiger partial charge in [-0.2, -0.15) is 0 Å². The minimum atomic E-state index is -2.28. The number of amides is 2. The van der Waals surface area contributed by atoms with E-state index in [0.717, 1.165) is 28.4 Å². The number of anilines is 2. The van der Waals surface area contributed by atoms with E-state index in [9.17, 15) is 14.7 Å². The molecule has 1 spiro atoms. The van der Waals surface area contributed by atoms with E-state index in [2.05, 4.69) is 47.8 Å². The van der Waals surface area contributed by atoms with Crippen LogP contribution in [-0.2, 0) is 32.9 Å². The second kappa shape index (κ2) is 11.7. The maximum absolute atomic E-state index is 14.4. The Morgan fingerprint density at radius 1 is 1.18 bits per heavy atom. The van der Waals surface area contributed by atoms with Crippen LogP contribution in [0, 0.1) is 5.92 Å². The Hall–Kier alpha value is -3.58. The number of fused-ring (bicyclic) bond motifs is 2. The van der Waals surface area contributed by atoms with Gasteiger partial charge in [-0.15, -0.1) is 5.10 Å². The normalized spacial score (nSPS) is 25.3. The van der Waals surface area contributed by atoms with Gasteiger partial charge in [0.15, 0.2) is 5.60 Å². The lowest BCUT2D eigenvalue weighted by Crippen LogP contribution is -2.51. The Balaban J connectivity index is 1.41. The number of ether oxygens (including phenoxy) is 2. The molecule has 44 heavy (non-hydrogen) atoms. The molecule has 3 aliphatic rings. The summed E-state index contributed by atoms with van der Waals surface area (Å²) in [6.45, 7) is 9.06. The van der Waals surface area contributed by atoms with Crippen LogP contribution in [0.3, 0.4) is 0 Å². The maximum Gasteiger partial charge on any atom is 0.264 e. The van der Waals surface area contributed by atoms with Crippen LogP contribution in [0.2, 0.25) is 18.6 Å². The fourth-order valence-electron chi connectivity index (χ4n) is 7.66. The lowest BCUT2D eigenvalue weighted by Gasteiger charge is -2.37. The van der Waals surface area contributed by atoms with Crippen molar-refractivity contribution in [2.45, 2.75) is 56.7 Å². The monoisotopic (exact) mass is 618 g/mol. The van der Waals surface area contributed by atoms with E-state index in [0.29, 0.717) is 39.0 Å². The number of aliphatic hydroxyl groups excluding tert-OH is 1. The Bertz CT molecular complexity index is 1540. The highest BCUT2D eigenvalue weighted by Crippen LogP contribution is 2.60. The van der Waals surface area contributed by atoms with Crippen molar-refractivity contribution >= 4 is 36.4 Å². The first-order valence-electron chi connectivity index (χ1n) is 15.4. The van der Waals surface area contributed by atoms with Crippen LogP contribution in [0.1, 0.15) is 24.6 Å². The van der Waals surface area contributed by atoms with Crippen molar-refractivity contribution in [1.82, 2.24) is 20.3 Å². The topological polar surface area (TPSA) is 122 Å². The molecule has 11 nitrogen and oxygen atoms in total. The van der Waals surface area contributed by atoms with E-state index in [1.54, 1.807) is 21.6 Å². The van der Waals surface area contributed by atoms with E-state index >= 15 is 0 Å². The Labute approximate surface area is 259 Å². The second-order valence-corrected chi connectivity index (χ2v) is 17.4. The number of methoxy groups -OCH3 is 1. The van der Waals surface area contributed by atoms with E-state index in [1.807, 2.05) is 43.6 Å². The van der Waals surface area contributed by atoms with Crippen molar-refractivity contribution in [3.63, 3.8) is 0 Å². The van der Waals surface area contributed by atoms with Gasteiger partial charge in [-0.1, -0.05) is 42.6 Å². The SMILES string of the molecule is COc1ccc([Si](C)(C)[C@@H]2[C@@H](CCn3cc(CCO)nn3)O[C@]3(C(=O)N(C)c4ccc(N5CCNCC5=O)cc43)[C@H]2C)cc1. The number of hydrogen-bond donors (Lipinski definition) is 2. The van der Waals surface area contributed by atoms with Crippen LogP contribution < -0.4 is 25.0 Å². The number of carbonyl (C=O) groups is 2. The number of nitrogens with zero attached hydrogens (tertiary/aromatic N) is 5. The number of likely N-dealkylation sites (N-methyl/N-ethyl adjacent to an activating group) is 1. The molecule has 12 heteroatoms. The molecule has 0 unspecified atom stereocenters. The number of hydrogen-bond acceptors (Lipinski definition) is 8. The van der Waals surface area contributed by atoms with Crippen LogP contribution in [-0.4, -0.2) is 86.5 Å². The summed E-state index contributed by atoms with van der Waals surface area (Å²) in [5, 5.41) is 22.2. The van der Waals surface area contributed by atoms with Crippen LogP contribution in [0.15, 0.2) is 48.7 Å². The van der Waals surface area contributed by atoms with Gasteiger partial charge in [-0.05, 0) is 42.3 Å². The molecule has 6 rings (SSSR count). The zero-order valence-corrected chi connectivity index (χ0v) is 27.1. The van der Waals surface area contributed by atoms with E-state index in [1.165, 1.54) is 5.19 Å². The third-order valence-corrected chi connectivity index (χ3v) is 14.3. The van der Waals surface area contributed by atoms with Gasteiger partial charge in [-0.3, -0.25) is 14.3 Å². The Kier molecular flexibility index (Phi) is 8.12. The van der Waals surface area contributed by atoms with Crippen molar-refractivity contribution < 1.29 is 24.2 Å². The van der Waals surface area contributed by atoms with E-state index in [-0.39, 0.29) is 36.0 Å². The molecule has 2 amide bonds. The summed E-state index contributed by atoms with van der Waals surface area (Å²) in [5.74, 6) is 0.619. The number of aromatic nitrogens is 3. The minimum Gasteiger partial charge on any atom is -0.497 e. The first-order valence-corrected chi connectivity index (χ1v) is 18.5. The number of carbonyl (C=O) groups excluding carboxylic acids is 2. The quantitative estimate of drug-likeness (QED) is 0.350. The van der Waals surface area contributed by atoms with Crippen molar-refractivity contribution in [3.05, 3.63) is 59.9 Å².